The van der Waals surface area contributed by atoms with Crippen molar-refractivity contribution in [1.29, 1.82) is 0 Å². The molecule has 0 aliphatic carbocycles. The van der Waals surface area contributed by atoms with E-state index in [0.717, 1.165) is 34.0 Å². The maximum absolute atomic E-state index is 7.18. The molecular formula is C66H76N4O. The van der Waals surface area contributed by atoms with Crippen LogP contribution in [0.4, 0.5) is 11.4 Å². The molecule has 71 heavy (non-hydrogen) atoms. The third-order valence-corrected chi connectivity index (χ3v) is 14.9. The van der Waals surface area contributed by atoms with Gasteiger partial charge in [-0.15, -0.1) is 0 Å². The number of nitrogens with zero attached hydrogens (tertiary/aromatic N) is 4. The van der Waals surface area contributed by atoms with Crippen molar-refractivity contribution < 1.29 is 4.74 Å². The molecule has 0 N–H and O–H groups in total. The second-order valence-corrected chi connectivity index (χ2v) is 25.2. The van der Waals surface area contributed by atoms with Crippen molar-refractivity contribution in [1.82, 2.24) is 9.55 Å². The van der Waals surface area contributed by atoms with Crippen LogP contribution in [-0.4, -0.2) is 16.2 Å². The summed E-state index contributed by atoms with van der Waals surface area (Å²) in [6, 6.07) is 55.8. The fourth-order valence-corrected chi connectivity index (χ4v) is 10.7. The Morgan fingerprint density at radius 2 is 0.944 bits per heavy atom. The summed E-state index contributed by atoms with van der Waals surface area (Å²) in [4.78, 5) is 10.2. The molecule has 6 aromatic carbocycles. The molecule has 0 fully saturated rings. The highest BCUT2D eigenvalue weighted by atomic mass is 16.5. The second-order valence-electron chi connectivity index (χ2n) is 25.2. The van der Waals surface area contributed by atoms with Gasteiger partial charge < -0.3 is 14.5 Å². The smallest absolute Gasteiger partial charge is 0.137 e. The highest BCUT2D eigenvalue weighted by Crippen LogP contribution is 2.51. The van der Waals surface area contributed by atoms with Crippen LogP contribution < -0.4 is 14.5 Å². The van der Waals surface area contributed by atoms with E-state index in [1.54, 1.807) is 0 Å². The molecule has 0 atom stereocenters. The molecule has 1 aliphatic rings. The Balaban J connectivity index is 1.25. The molecule has 0 bridgehead atoms. The standard InChI is InChI=1S/C66H76N4O/c1-61(2,3)46-34-35-67-57(39-46)70-55-33-24-23-32-53(55)58-54(64(10,11)12)41-52(42-56(58)70)71-51-31-25-30-49(40-51)68-43-69(50-37-47(62(4,5)6)36-48(38-50)63(7,8)9)60(66(15,16)45-28-21-18-22-29-45)59(68)65(13,14)44-26-19-17-20-27-44/h17-42H,43H2,1-16H3. The zero-order valence-corrected chi connectivity index (χ0v) is 45.4. The van der Waals surface area contributed by atoms with Gasteiger partial charge in [0.15, 0.2) is 0 Å². The number of allylic oxidation sites excluding steroid dienone is 2. The van der Waals surface area contributed by atoms with Crippen LogP contribution in [0.3, 0.4) is 0 Å². The molecule has 0 saturated heterocycles. The molecule has 5 nitrogen and oxygen atoms in total. The average molecular weight is 941 g/mol. The van der Waals surface area contributed by atoms with Crippen molar-refractivity contribution in [2.75, 3.05) is 16.5 Å². The first-order chi connectivity index (χ1) is 33.2. The minimum atomic E-state index is -0.416. The van der Waals surface area contributed by atoms with Crippen LogP contribution in [0, 0.1) is 0 Å². The summed E-state index contributed by atoms with van der Waals surface area (Å²) in [5.74, 6) is 2.47. The van der Waals surface area contributed by atoms with Crippen LogP contribution in [0.25, 0.3) is 27.6 Å². The van der Waals surface area contributed by atoms with Gasteiger partial charge in [0.1, 0.15) is 17.3 Å². The van der Waals surface area contributed by atoms with Crippen LogP contribution in [0.1, 0.15) is 144 Å². The molecule has 5 heteroatoms. The van der Waals surface area contributed by atoms with E-state index in [-0.39, 0.29) is 21.7 Å². The van der Waals surface area contributed by atoms with Crippen LogP contribution >= 0.6 is 0 Å². The summed E-state index contributed by atoms with van der Waals surface area (Å²) >= 11 is 0. The lowest BCUT2D eigenvalue weighted by Gasteiger charge is -2.38. The molecule has 2 aromatic heterocycles. The minimum Gasteiger partial charge on any atom is -0.457 e. The van der Waals surface area contributed by atoms with E-state index in [1.807, 2.05) is 6.20 Å². The molecule has 3 heterocycles. The lowest BCUT2D eigenvalue weighted by atomic mass is 9.73. The molecule has 366 valence electrons. The zero-order chi connectivity index (χ0) is 51.1. The number of hydrogen-bond donors (Lipinski definition) is 0. The van der Waals surface area contributed by atoms with E-state index >= 15 is 0 Å². The summed E-state index contributed by atoms with van der Waals surface area (Å²) in [6.45, 7) is 37.9. The Bertz CT molecular complexity index is 3260. The number of rotatable bonds is 9. The van der Waals surface area contributed by atoms with Crippen LogP contribution in [-0.2, 0) is 32.5 Å². The topological polar surface area (TPSA) is 33.5 Å². The normalized spacial score (nSPS) is 14.3. The van der Waals surface area contributed by atoms with Crippen LogP contribution in [0.5, 0.6) is 11.5 Å². The van der Waals surface area contributed by atoms with E-state index < -0.39 is 10.8 Å². The lowest BCUT2D eigenvalue weighted by molar-refractivity contribution is 0.479. The first kappa shape index (κ1) is 49.4. The van der Waals surface area contributed by atoms with Crippen LogP contribution in [0.15, 0.2) is 169 Å². The average Bonchev–Trinajstić information content (AvgIpc) is 3.89. The number of aromatic nitrogens is 2. The summed E-state index contributed by atoms with van der Waals surface area (Å²) in [7, 11) is 0. The van der Waals surface area contributed by atoms with Gasteiger partial charge in [0.2, 0.25) is 0 Å². The predicted octanol–water partition coefficient (Wildman–Crippen LogP) is 17.6. The summed E-state index contributed by atoms with van der Waals surface area (Å²) < 4.78 is 9.51. The van der Waals surface area contributed by atoms with Crippen molar-refractivity contribution in [2.24, 2.45) is 0 Å². The molecular weight excluding hydrogens is 865 g/mol. The summed E-state index contributed by atoms with van der Waals surface area (Å²) in [5, 5.41) is 2.44. The van der Waals surface area contributed by atoms with Gasteiger partial charge in [0, 0.05) is 51.3 Å². The van der Waals surface area contributed by atoms with E-state index in [4.69, 9.17) is 9.72 Å². The first-order valence-corrected chi connectivity index (χ1v) is 25.6. The number of fused-ring (bicyclic) bond motifs is 3. The Morgan fingerprint density at radius 1 is 0.408 bits per heavy atom. The SMILES string of the molecule is CC(C)(C)c1cc(N2CN(c3cccc(Oc4cc(C(C)(C)C)c5c6ccccc6n(-c6cc(C(C)(C)C)ccn6)c5c4)c3)C(C(C)(C)c3ccccc3)=C2C(C)(C)c2ccccc2)cc(C(C)(C)C)c1. The minimum absolute atomic E-state index is 0.0338. The van der Waals surface area contributed by atoms with Gasteiger partial charge in [-0.05, 0) is 104 Å². The van der Waals surface area contributed by atoms with Gasteiger partial charge in [-0.2, -0.15) is 0 Å². The van der Waals surface area contributed by atoms with E-state index in [9.17, 15) is 0 Å². The number of hydrogen-bond acceptors (Lipinski definition) is 4. The Hall–Kier alpha value is -6.59. The molecule has 0 saturated carbocycles. The highest BCUT2D eigenvalue weighted by Gasteiger charge is 2.46. The molecule has 0 amide bonds. The van der Waals surface area contributed by atoms with Crippen molar-refractivity contribution >= 4 is 33.2 Å². The maximum atomic E-state index is 7.18. The molecule has 0 radical (unpaired) electrons. The second kappa shape index (κ2) is 17.6. The number of pyridine rings is 1. The molecule has 0 spiro atoms. The largest absolute Gasteiger partial charge is 0.457 e. The van der Waals surface area contributed by atoms with Gasteiger partial charge in [-0.25, -0.2) is 4.98 Å². The highest BCUT2D eigenvalue weighted by molar-refractivity contribution is 6.11. The fourth-order valence-electron chi connectivity index (χ4n) is 10.7. The van der Waals surface area contributed by atoms with Gasteiger partial charge >= 0.3 is 0 Å². The summed E-state index contributed by atoms with van der Waals surface area (Å²) in [5.41, 5.74) is 13.6. The molecule has 8 aromatic rings. The van der Waals surface area contributed by atoms with Crippen LogP contribution in [0.2, 0.25) is 0 Å². The van der Waals surface area contributed by atoms with Crippen molar-refractivity contribution in [3.8, 4) is 17.3 Å². The number of para-hydroxylation sites is 1. The Morgan fingerprint density at radius 3 is 1.49 bits per heavy atom. The van der Waals surface area contributed by atoms with Crippen molar-refractivity contribution in [3.05, 3.63) is 203 Å². The van der Waals surface area contributed by atoms with E-state index in [1.165, 1.54) is 61.2 Å². The Kier molecular flexibility index (Phi) is 12.3. The van der Waals surface area contributed by atoms with Gasteiger partial charge in [-0.1, -0.05) is 202 Å². The quantitative estimate of drug-likeness (QED) is 0.144. The fraction of sp³-hybridized carbons (Fsp3) is 0.348. The first-order valence-electron chi connectivity index (χ1n) is 25.6. The van der Waals surface area contributed by atoms with Crippen molar-refractivity contribution in [3.63, 3.8) is 0 Å². The van der Waals surface area contributed by atoms with Gasteiger partial charge in [-0.3, -0.25) is 4.57 Å². The molecule has 0 unspecified atom stereocenters. The third-order valence-electron chi connectivity index (χ3n) is 14.9. The molecule has 9 rings (SSSR count). The Labute approximate surface area is 425 Å². The number of ether oxygens (including phenoxy) is 1. The number of anilines is 2. The van der Waals surface area contributed by atoms with E-state index in [0.29, 0.717) is 6.67 Å². The monoisotopic (exact) mass is 941 g/mol. The third kappa shape index (κ3) is 9.29. The number of benzene rings is 6. The lowest BCUT2D eigenvalue weighted by Crippen LogP contribution is -2.35. The van der Waals surface area contributed by atoms with Crippen molar-refractivity contribution in [2.45, 2.75) is 143 Å². The zero-order valence-electron chi connectivity index (χ0n) is 45.4. The molecule has 1 aliphatic heterocycles. The maximum Gasteiger partial charge on any atom is 0.137 e. The predicted molar refractivity (Wildman–Crippen MR) is 302 cm³/mol. The van der Waals surface area contributed by atoms with E-state index in [2.05, 4.69) is 277 Å². The van der Waals surface area contributed by atoms with Gasteiger partial charge in [0.05, 0.1) is 29.1 Å². The van der Waals surface area contributed by atoms with Gasteiger partial charge in [0.25, 0.3) is 0 Å². The summed E-state index contributed by atoms with van der Waals surface area (Å²) in [6.07, 6.45) is 1.95.